The minimum Gasteiger partial charge on any atom is -0.508 e. The lowest BCUT2D eigenvalue weighted by Crippen LogP contribution is -2.06. The zero-order valence-electron chi connectivity index (χ0n) is 11.3. The van der Waals surface area contributed by atoms with Crippen LogP contribution in [0.5, 0.6) is 5.75 Å². The number of anilines is 2. The van der Waals surface area contributed by atoms with Crippen LogP contribution < -0.4 is 10.6 Å². The Morgan fingerprint density at radius 1 is 1.29 bits per heavy atom. The summed E-state index contributed by atoms with van der Waals surface area (Å²) in [6.45, 7) is 1.65. The molecule has 110 valence electrons. The molecule has 0 atom stereocenters. The smallest absolute Gasteiger partial charge is 0.221 e. The Bertz CT molecular complexity index is 677. The first-order valence-electron chi connectivity index (χ1n) is 6.24. The summed E-state index contributed by atoms with van der Waals surface area (Å²) in [7, 11) is 0. The van der Waals surface area contributed by atoms with E-state index in [-0.39, 0.29) is 18.2 Å². The molecule has 0 aromatic heterocycles. The van der Waals surface area contributed by atoms with Gasteiger partial charge >= 0.3 is 0 Å². The van der Waals surface area contributed by atoms with Crippen LogP contribution in [0.1, 0.15) is 12.5 Å². The molecule has 1 amide bonds. The van der Waals surface area contributed by atoms with Gasteiger partial charge in [-0.25, -0.2) is 4.39 Å². The van der Waals surface area contributed by atoms with Crippen LogP contribution in [0.4, 0.5) is 15.8 Å². The maximum Gasteiger partial charge on any atom is 0.221 e. The molecule has 2 rings (SSSR count). The average Bonchev–Trinajstić information content (AvgIpc) is 2.42. The third kappa shape index (κ3) is 4.10. The lowest BCUT2D eigenvalue weighted by atomic mass is 10.2. The van der Waals surface area contributed by atoms with E-state index < -0.39 is 5.82 Å². The second-order valence-electron chi connectivity index (χ2n) is 4.50. The van der Waals surface area contributed by atoms with Crippen molar-refractivity contribution >= 4 is 28.9 Å². The number of phenols is 1. The maximum atomic E-state index is 13.1. The van der Waals surface area contributed by atoms with Gasteiger partial charge in [0.15, 0.2) is 0 Å². The van der Waals surface area contributed by atoms with Crippen LogP contribution in [0.25, 0.3) is 0 Å². The molecule has 0 spiro atoms. The molecule has 0 heterocycles. The van der Waals surface area contributed by atoms with Gasteiger partial charge in [0.2, 0.25) is 5.91 Å². The molecule has 2 aromatic rings. The van der Waals surface area contributed by atoms with Crippen LogP contribution in [0, 0.1) is 5.82 Å². The number of hydrogen-bond acceptors (Lipinski definition) is 3. The normalized spacial score (nSPS) is 10.2. The summed E-state index contributed by atoms with van der Waals surface area (Å²) in [6, 6.07) is 8.79. The standard InChI is InChI=1S/C15H14ClFN2O2/c1-9(20)19-14-4-3-12(7-13(14)16)18-8-10-6-11(17)2-5-15(10)21/h2-7,18,21H,8H2,1H3,(H,19,20). The monoisotopic (exact) mass is 308 g/mol. The molecule has 4 nitrogen and oxygen atoms in total. The number of nitrogens with one attached hydrogen (secondary N) is 2. The quantitative estimate of drug-likeness (QED) is 0.806. The molecule has 0 aliphatic rings. The van der Waals surface area contributed by atoms with Crippen molar-refractivity contribution in [2.75, 3.05) is 10.6 Å². The van der Waals surface area contributed by atoms with Gasteiger partial charge in [-0.2, -0.15) is 0 Å². The van der Waals surface area contributed by atoms with Gasteiger partial charge in [-0.3, -0.25) is 4.79 Å². The van der Waals surface area contributed by atoms with Crippen molar-refractivity contribution < 1.29 is 14.3 Å². The summed E-state index contributed by atoms with van der Waals surface area (Å²) in [5.74, 6) is -0.601. The largest absolute Gasteiger partial charge is 0.508 e. The fourth-order valence-corrected chi connectivity index (χ4v) is 2.04. The highest BCUT2D eigenvalue weighted by atomic mass is 35.5. The van der Waals surface area contributed by atoms with E-state index in [1.807, 2.05) is 0 Å². The molecule has 0 aliphatic carbocycles. The number of benzene rings is 2. The Hall–Kier alpha value is -2.27. The third-order valence-corrected chi connectivity index (χ3v) is 3.12. The average molecular weight is 309 g/mol. The molecule has 3 N–H and O–H groups in total. The van der Waals surface area contributed by atoms with E-state index in [1.165, 1.54) is 25.1 Å². The Balaban J connectivity index is 2.08. The van der Waals surface area contributed by atoms with Crippen LogP contribution in [0.2, 0.25) is 5.02 Å². The van der Waals surface area contributed by atoms with Crippen molar-refractivity contribution in [3.63, 3.8) is 0 Å². The van der Waals surface area contributed by atoms with E-state index in [9.17, 15) is 14.3 Å². The topological polar surface area (TPSA) is 61.4 Å². The van der Waals surface area contributed by atoms with Crippen LogP contribution in [0.15, 0.2) is 36.4 Å². The second-order valence-corrected chi connectivity index (χ2v) is 4.91. The van der Waals surface area contributed by atoms with E-state index in [1.54, 1.807) is 18.2 Å². The van der Waals surface area contributed by atoms with Gasteiger partial charge in [-0.1, -0.05) is 11.6 Å². The van der Waals surface area contributed by atoms with Gasteiger partial charge in [0, 0.05) is 24.7 Å². The van der Waals surface area contributed by atoms with E-state index in [0.29, 0.717) is 22.0 Å². The van der Waals surface area contributed by atoms with E-state index >= 15 is 0 Å². The number of halogens is 2. The predicted molar refractivity (Wildman–Crippen MR) is 81.1 cm³/mol. The molecule has 0 aliphatic heterocycles. The molecule has 2 aromatic carbocycles. The zero-order chi connectivity index (χ0) is 15.4. The molecule has 0 bridgehead atoms. The van der Waals surface area contributed by atoms with Crippen LogP contribution >= 0.6 is 11.6 Å². The van der Waals surface area contributed by atoms with Gasteiger partial charge in [-0.05, 0) is 36.4 Å². The Morgan fingerprint density at radius 2 is 2.05 bits per heavy atom. The second kappa shape index (κ2) is 6.45. The predicted octanol–water partition coefficient (Wildman–Crippen LogP) is 3.76. The molecule has 0 unspecified atom stereocenters. The summed E-state index contributed by atoms with van der Waals surface area (Å²) in [4.78, 5) is 11.0. The SMILES string of the molecule is CC(=O)Nc1ccc(NCc2cc(F)ccc2O)cc1Cl. The number of carbonyl (C=O) groups excluding carboxylic acids is 1. The number of rotatable bonds is 4. The minimum absolute atomic E-state index is 0.0184. The lowest BCUT2D eigenvalue weighted by molar-refractivity contribution is -0.114. The summed E-state index contributed by atoms with van der Waals surface area (Å²) < 4.78 is 13.1. The van der Waals surface area contributed by atoms with Crippen LogP contribution in [0.3, 0.4) is 0 Å². The first kappa shape index (κ1) is 15.1. The van der Waals surface area contributed by atoms with Crippen molar-refractivity contribution in [3.05, 3.63) is 52.8 Å². The molecular weight excluding hydrogens is 295 g/mol. The van der Waals surface area contributed by atoms with Gasteiger partial charge in [0.25, 0.3) is 0 Å². The van der Waals surface area contributed by atoms with Crippen molar-refractivity contribution in [1.29, 1.82) is 0 Å². The first-order valence-corrected chi connectivity index (χ1v) is 6.62. The number of amides is 1. The van der Waals surface area contributed by atoms with Crippen LogP contribution in [-0.4, -0.2) is 11.0 Å². The highest BCUT2D eigenvalue weighted by Crippen LogP contribution is 2.26. The highest BCUT2D eigenvalue weighted by Gasteiger charge is 2.05. The van der Waals surface area contributed by atoms with Crippen molar-refractivity contribution in [2.24, 2.45) is 0 Å². The van der Waals surface area contributed by atoms with Crippen LogP contribution in [-0.2, 0) is 11.3 Å². The van der Waals surface area contributed by atoms with Crippen molar-refractivity contribution in [3.8, 4) is 5.75 Å². The number of aromatic hydroxyl groups is 1. The lowest BCUT2D eigenvalue weighted by Gasteiger charge is -2.11. The van der Waals surface area contributed by atoms with Crippen molar-refractivity contribution in [2.45, 2.75) is 13.5 Å². The molecule has 21 heavy (non-hydrogen) atoms. The van der Waals surface area contributed by atoms with Gasteiger partial charge in [-0.15, -0.1) is 0 Å². The summed E-state index contributed by atoms with van der Waals surface area (Å²) >= 11 is 6.05. The number of hydrogen-bond donors (Lipinski definition) is 3. The Kier molecular flexibility index (Phi) is 4.65. The molecule has 0 radical (unpaired) electrons. The van der Waals surface area contributed by atoms with Crippen molar-refractivity contribution in [1.82, 2.24) is 0 Å². The summed E-state index contributed by atoms with van der Waals surface area (Å²) in [6.07, 6.45) is 0. The fraction of sp³-hybridized carbons (Fsp3) is 0.133. The zero-order valence-corrected chi connectivity index (χ0v) is 12.0. The highest BCUT2D eigenvalue weighted by molar-refractivity contribution is 6.34. The molecule has 0 saturated carbocycles. The Labute approximate surface area is 126 Å². The first-order chi connectivity index (χ1) is 9.95. The molecule has 0 fully saturated rings. The van der Waals surface area contributed by atoms with E-state index in [0.717, 1.165) is 0 Å². The van der Waals surface area contributed by atoms with E-state index in [4.69, 9.17) is 11.6 Å². The molecular formula is C15H14ClFN2O2. The van der Waals surface area contributed by atoms with Gasteiger partial charge in [0.1, 0.15) is 11.6 Å². The number of phenolic OH excluding ortho intramolecular Hbond substituents is 1. The number of carbonyl (C=O) groups is 1. The molecule has 0 saturated heterocycles. The minimum atomic E-state index is -0.413. The van der Waals surface area contributed by atoms with Gasteiger partial charge < -0.3 is 15.7 Å². The third-order valence-electron chi connectivity index (χ3n) is 2.80. The summed E-state index contributed by atoms with van der Waals surface area (Å²) in [5, 5.41) is 15.6. The van der Waals surface area contributed by atoms with Gasteiger partial charge in [0.05, 0.1) is 10.7 Å². The maximum absolute atomic E-state index is 13.1. The summed E-state index contributed by atoms with van der Waals surface area (Å²) in [5.41, 5.74) is 1.65. The fourth-order valence-electron chi connectivity index (χ4n) is 1.81. The molecule has 6 heteroatoms. The Morgan fingerprint density at radius 3 is 2.71 bits per heavy atom. The van der Waals surface area contributed by atoms with E-state index in [2.05, 4.69) is 10.6 Å².